The molecule has 2 N–H and O–H groups in total. The summed E-state index contributed by atoms with van der Waals surface area (Å²) in [6, 6.07) is 18.2. The van der Waals surface area contributed by atoms with Crippen molar-refractivity contribution in [1.82, 2.24) is 24.6 Å². The molecule has 7 nitrogen and oxygen atoms in total. The molecule has 1 aliphatic heterocycles. The monoisotopic (exact) mass is 401 g/mol. The smallest absolute Gasteiger partial charge is 0.264 e. The lowest BCUT2D eigenvalue weighted by Crippen LogP contribution is -2.46. The summed E-state index contributed by atoms with van der Waals surface area (Å²) in [5.74, 6) is 0. The summed E-state index contributed by atoms with van der Waals surface area (Å²) in [5, 5.41) is 18.9. The van der Waals surface area contributed by atoms with Crippen LogP contribution in [0.1, 0.15) is 12.8 Å². The highest BCUT2D eigenvalue weighted by atomic mass is 16.3. The van der Waals surface area contributed by atoms with E-state index in [-0.39, 0.29) is 12.1 Å². The highest BCUT2D eigenvalue weighted by Gasteiger charge is 2.30. The van der Waals surface area contributed by atoms with Gasteiger partial charge in [0.15, 0.2) is 5.65 Å². The van der Waals surface area contributed by atoms with Crippen LogP contribution < -0.4 is 10.9 Å². The molecule has 0 unspecified atom stereocenters. The lowest BCUT2D eigenvalue weighted by Gasteiger charge is -2.32. The van der Waals surface area contributed by atoms with Crippen LogP contribution in [0.2, 0.25) is 0 Å². The van der Waals surface area contributed by atoms with Crippen molar-refractivity contribution >= 4 is 11.0 Å². The van der Waals surface area contributed by atoms with E-state index in [1.807, 2.05) is 42.5 Å². The minimum absolute atomic E-state index is 0.181. The summed E-state index contributed by atoms with van der Waals surface area (Å²) in [6.07, 6.45) is 4.30. The maximum Gasteiger partial charge on any atom is 0.264 e. The number of hydrogen-bond acceptors (Lipinski definition) is 5. The van der Waals surface area contributed by atoms with Crippen LogP contribution in [0.15, 0.2) is 71.9 Å². The summed E-state index contributed by atoms with van der Waals surface area (Å²) in [5.41, 5.74) is 2.55. The minimum Gasteiger partial charge on any atom is -0.388 e. The van der Waals surface area contributed by atoms with Crippen molar-refractivity contribution in [3.05, 3.63) is 77.5 Å². The summed E-state index contributed by atoms with van der Waals surface area (Å²) < 4.78 is 3.17. The Morgan fingerprint density at radius 2 is 1.70 bits per heavy atom. The SMILES string of the molecule is O=c1c2cnn(-c3ccc(-c4ccccc4)cc3)c2ncn1CC1(O)CCNCC1. The predicted octanol–water partition coefficient (Wildman–Crippen LogP) is 2.36. The van der Waals surface area contributed by atoms with E-state index in [0.717, 1.165) is 29.9 Å². The molecule has 0 saturated carbocycles. The standard InChI is InChI=1S/C23H23N5O2/c29-22-20-14-26-28(19-8-6-18(7-9-19)17-4-2-1-3-5-17)21(20)25-16-27(22)15-23(30)10-12-24-13-11-23/h1-9,14,16,24,30H,10-13,15H2. The fourth-order valence-electron chi connectivity index (χ4n) is 4.04. The van der Waals surface area contributed by atoms with Crippen molar-refractivity contribution in [2.24, 2.45) is 0 Å². The number of nitrogens with one attached hydrogen (secondary N) is 1. The number of aromatic nitrogens is 4. The van der Waals surface area contributed by atoms with Crippen molar-refractivity contribution in [3.8, 4) is 16.8 Å². The molecule has 30 heavy (non-hydrogen) atoms. The molecule has 0 atom stereocenters. The molecular weight excluding hydrogens is 378 g/mol. The quantitative estimate of drug-likeness (QED) is 0.548. The molecule has 0 bridgehead atoms. The second kappa shape index (κ2) is 7.51. The van der Waals surface area contributed by atoms with Gasteiger partial charge in [-0.2, -0.15) is 5.10 Å². The molecule has 0 aliphatic carbocycles. The maximum absolute atomic E-state index is 13.0. The normalized spacial score (nSPS) is 16.0. The molecular formula is C23H23N5O2. The van der Waals surface area contributed by atoms with Gasteiger partial charge in [0.25, 0.3) is 5.56 Å². The van der Waals surface area contributed by atoms with E-state index in [4.69, 9.17) is 0 Å². The number of piperidine rings is 1. The molecule has 5 rings (SSSR count). The highest BCUT2D eigenvalue weighted by Crippen LogP contribution is 2.22. The van der Waals surface area contributed by atoms with Crippen LogP contribution >= 0.6 is 0 Å². The Morgan fingerprint density at radius 3 is 2.43 bits per heavy atom. The van der Waals surface area contributed by atoms with Crippen molar-refractivity contribution in [1.29, 1.82) is 0 Å². The summed E-state index contributed by atoms with van der Waals surface area (Å²) >= 11 is 0. The van der Waals surface area contributed by atoms with Crippen LogP contribution in [0.25, 0.3) is 27.8 Å². The maximum atomic E-state index is 13.0. The van der Waals surface area contributed by atoms with Gasteiger partial charge in [0, 0.05) is 0 Å². The Kier molecular flexibility index (Phi) is 4.69. The van der Waals surface area contributed by atoms with Crippen molar-refractivity contribution in [3.63, 3.8) is 0 Å². The zero-order valence-electron chi connectivity index (χ0n) is 16.5. The fourth-order valence-corrected chi connectivity index (χ4v) is 4.04. The second-order valence-electron chi connectivity index (χ2n) is 7.86. The van der Waals surface area contributed by atoms with Gasteiger partial charge in [-0.15, -0.1) is 0 Å². The van der Waals surface area contributed by atoms with Crippen molar-refractivity contribution in [2.75, 3.05) is 13.1 Å². The van der Waals surface area contributed by atoms with Gasteiger partial charge in [-0.25, -0.2) is 9.67 Å². The number of rotatable bonds is 4. The molecule has 7 heteroatoms. The Balaban J connectivity index is 1.46. The number of benzene rings is 2. The van der Waals surface area contributed by atoms with Crippen LogP contribution in [0.3, 0.4) is 0 Å². The van der Waals surface area contributed by atoms with Crippen molar-refractivity contribution in [2.45, 2.75) is 25.0 Å². The number of nitrogens with zero attached hydrogens (tertiary/aromatic N) is 4. The zero-order valence-corrected chi connectivity index (χ0v) is 16.5. The molecule has 1 aliphatic rings. The molecule has 2 aromatic heterocycles. The van der Waals surface area contributed by atoms with Crippen LogP contribution in [0.4, 0.5) is 0 Å². The third-order valence-electron chi connectivity index (χ3n) is 5.77. The molecule has 0 radical (unpaired) electrons. The lowest BCUT2D eigenvalue weighted by atomic mass is 9.92. The predicted molar refractivity (Wildman–Crippen MR) is 116 cm³/mol. The van der Waals surface area contributed by atoms with Crippen molar-refractivity contribution < 1.29 is 5.11 Å². The third-order valence-corrected chi connectivity index (χ3v) is 5.77. The van der Waals surface area contributed by atoms with Crippen LogP contribution in [-0.4, -0.2) is 43.1 Å². The van der Waals surface area contributed by atoms with Crippen LogP contribution in [0, 0.1) is 0 Å². The first kappa shape index (κ1) is 18.7. The Bertz CT molecular complexity index is 1220. The first-order valence-corrected chi connectivity index (χ1v) is 10.2. The largest absolute Gasteiger partial charge is 0.388 e. The summed E-state index contributed by atoms with van der Waals surface area (Å²) in [4.78, 5) is 17.5. The first-order chi connectivity index (χ1) is 14.6. The molecule has 4 aromatic rings. The first-order valence-electron chi connectivity index (χ1n) is 10.2. The fraction of sp³-hybridized carbons (Fsp3) is 0.261. The molecule has 1 fully saturated rings. The molecule has 152 valence electrons. The lowest BCUT2D eigenvalue weighted by molar-refractivity contribution is -0.00627. The van der Waals surface area contributed by atoms with E-state index in [9.17, 15) is 9.90 Å². The van der Waals surface area contributed by atoms with Gasteiger partial charge in [0.2, 0.25) is 0 Å². The van der Waals surface area contributed by atoms with E-state index in [0.29, 0.717) is 23.9 Å². The van der Waals surface area contributed by atoms with Gasteiger partial charge < -0.3 is 10.4 Å². The van der Waals surface area contributed by atoms with Gasteiger partial charge in [0.1, 0.15) is 11.7 Å². The Labute approximate surface area is 173 Å². The second-order valence-corrected chi connectivity index (χ2v) is 7.86. The average Bonchev–Trinajstić information content (AvgIpc) is 3.22. The Morgan fingerprint density at radius 1 is 1.00 bits per heavy atom. The van der Waals surface area contributed by atoms with Crippen LogP contribution in [0.5, 0.6) is 0 Å². The van der Waals surface area contributed by atoms with E-state index in [2.05, 4.69) is 27.5 Å². The molecule has 0 spiro atoms. The third kappa shape index (κ3) is 3.42. The molecule has 1 saturated heterocycles. The molecule has 3 heterocycles. The van der Waals surface area contributed by atoms with Crippen LogP contribution in [-0.2, 0) is 6.54 Å². The summed E-state index contributed by atoms with van der Waals surface area (Å²) in [7, 11) is 0. The van der Waals surface area contributed by atoms with E-state index in [1.165, 1.54) is 10.9 Å². The highest BCUT2D eigenvalue weighted by molar-refractivity contribution is 5.75. The van der Waals surface area contributed by atoms with Gasteiger partial charge >= 0.3 is 0 Å². The number of aliphatic hydroxyl groups is 1. The summed E-state index contributed by atoms with van der Waals surface area (Å²) in [6.45, 7) is 1.74. The van der Waals surface area contributed by atoms with E-state index >= 15 is 0 Å². The topological polar surface area (TPSA) is 85.0 Å². The van der Waals surface area contributed by atoms with Gasteiger partial charge in [-0.05, 0) is 49.2 Å². The average molecular weight is 401 g/mol. The Hall–Kier alpha value is -3.29. The van der Waals surface area contributed by atoms with E-state index in [1.54, 1.807) is 10.9 Å². The zero-order chi connectivity index (χ0) is 20.6. The van der Waals surface area contributed by atoms with Gasteiger partial charge in [-0.1, -0.05) is 42.5 Å². The van der Waals surface area contributed by atoms with E-state index < -0.39 is 5.60 Å². The van der Waals surface area contributed by atoms with Gasteiger partial charge in [-0.3, -0.25) is 9.36 Å². The molecule has 0 amide bonds. The van der Waals surface area contributed by atoms with Gasteiger partial charge in [0.05, 0.1) is 24.0 Å². The molecule has 2 aromatic carbocycles. The number of fused-ring (bicyclic) bond motifs is 1. The minimum atomic E-state index is -0.881. The number of hydrogen-bond donors (Lipinski definition) is 2.